The smallest absolute Gasteiger partial charge is 0.0141 e. The van der Waals surface area contributed by atoms with Crippen LogP contribution >= 0.6 is 0 Å². The molecule has 0 rings (SSSR count). The third kappa shape index (κ3) is 9.45. The van der Waals surface area contributed by atoms with Crippen molar-refractivity contribution in [1.29, 1.82) is 0 Å². The van der Waals surface area contributed by atoms with Crippen LogP contribution in [0.1, 0.15) is 58.8 Å². The average Bonchev–Trinajstić information content (AvgIpc) is 2.14. The van der Waals surface area contributed by atoms with Crippen LogP contribution in [0.5, 0.6) is 0 Å². The molecule has 1 heteroatoms. The summed E-state index contributed by atoms with van der Waals surface area (Å²) in [7, 11) is 0. The van der Waals surface area contributed by atoms with E-state index >= 15 is 0 Å². The van der Waals surface area contributed by atoms with Gasteiger partial charge in [0, 0.05) is 12.2 Å². The summed E-state index contributed by atoms with van der Waals surface area (Å²) in [5.41, 5.74) is 1.22. The van der Waals surface area contributed by atoms with E-state index in [1.807, 2.05) is 0 Å². The van der Waals surface area contributed by atoms with Gasteiger partial charge in [-0.15, -0.1) is 0 Å². The third-order valence-electron chi connectivity index (χ3n) is 2.21. The number of hydrogen-bond donors (Lipinski definition) is 1. The summed E-state index contributed by atoms with van der Waals surface area (Å²) in [5.74, 6) is 0. The zero-order valence-corrected chi connectivity index (χ0v) is 9.36. The SMILES string of the molecule is C=C(CCCCCCC)NCCC. The number of rotatable bonds is 9. The van der Waals surface area contributed by atoms with Gasteiger partial charge in [0.1, 0.15) is 0 Å². The van der Waals surface area contributed by atoms with Gasteiger partial charge in [-0.25, -0.2) is 0 Å². The van der Waals surface area contributed by atoms with Crippen molar-refractivity contribution in [2.24, 2.45) is 0 Å². The molecule has 0 bridgehead atoms. The van der Waals surface area contributed by atoms with E-state index < -0.39 is 0 Å². The van der Waals surface area contributed by atoms with E-state index in [0.717, 1.165) is 13.0 Å². The molecule has 0 saturated heterocycles. The second kappa shape index (κ2) is 9.63. The summed E-state index contributed by atoms with van der Waals surface area (Å²) in [6.07, 6.45) is 9.11. The summed E-state index contributed by atoms with van der Waals surface area (Å²) in [4.78, 5) is 0. The molecule has 0 radical (unpaired) electrons. The van der Waals surface area contributed by atoms with Crippen LogP contribution in [0.4, 0.5) is 0 Å². The van der Waals surface area contributed by atoms with E-state index in [0.29, 0.717) is 0 Å². The highest BCUT2D eigenvalue weighted by Gasteiger charge is 1.93. The number of hydrogen-bond acceptors (Lipinski definition) is 1. The van der Waals surface area contributed by atoms with Gasteiger partial charge in [-0.3, -0.25) is 0 Å². The molecule has 1 nitrogen and oxygen atoms in total. The predicted molar refractivity (Wildman–Crippen MR) is 60.8 cm³/mol. The van der Waals surface area contributed by atoms with E-state index in [2.05, 4.69) is 25.7 Å². The molecule has 0 unspecified atom stereocenters. The van der Waals surface area contributed by atoms with Gasteiger partial charge in [0.15, 0.2) is 0 Å². The lowest BCUT2D eigenvalue weighted by Gasteiger charge is -2.07. The van der Waals surface area contributed by atoms with Gasteiger partial charge >= 0.3 is 0 Å². The maximum Gasteiger partial charge on any atom is 0.0141 e. The van der Waals surface area contributed by atoms with Crippen LogP contribution in [0.3, 0.4) is 0 Å². The molecule has 0 aromatic carbocycles. The highest BCUT2D eigenvalue weighted by atomic mass is 14.9. The van der Waals surface area contributed by atoms with Crippen LogP contribution < -0.4 is 5.32 Å². The monoisotopic (exact) mass is 183 g/mol. The quantitative estimate of drug-likeness (QED) is 0.535. The summed E-state index contributed by atoms with van der Waals surface area (Å²) < 4.78 is 0. The van der Waals surface area contributed by atoms with Crippen LogP contribution in [-0.4, -0.2) is 6.54 Å². The van der Waals surface area contributed by atoms with Crippen molar-refractivity contribution in [3.63, 3.8) is 0 Å². The molecule has 0 spiro atoms. The zero-order valence-electron chi connectivity index (χ0n) is 9.36. The first-order valence-electron chi connectivity index (χ1n) is 5.72. The zero-order chi connectivity index (χ0) is 9.94. The highest BCUT2D eigenvalue weighted by Crippen LogP contribution is 2.07. The maximum absolute atomic E-state index is 4.00. The molecule has 13 heavy (non-hydrogen) atoms. The van der Waals surface area contributed by atoms with Crippen LogP contribution in [0.2, 0.25) is 0 Å². The van der Waals surface area contributed by atoms with Crippen LogP contribution in [-0.2, 0) is 0 Å². The molecule has 0 atom stereocenters. The van der Waals surface area contributed by atoms with Gasteiger partial charge in [0.05, 0.1) is 0 Å². The van der Waals surface area contributed by atoms with Gasteiger partial charge < -0.3 is 5.32 Å². The molecule has 78 valence electrons. The minimum absolute atomic E-state index is 1.08. The lowest BCUT2D eigenvalue weighted by atomic mass is 10.1. The van der Waals surface area contributed by atoms with Crippen molar-refractivity contribution in [2.75, 3.05) is 6.54 Å². The van der Waals surface area contributed by atoms with Gasteiger partial charge in [0.25, 0.3) is 0 Å². The Morgan fingerprint density at radius 3 is 2.31 bits per heavy atom. The standard InChI is InChI=1S/C12H25N/c1-4-6-7-8-9-10-12(3)13-11-5-2/h13H,3-11H2,1-2H3. The second-order valence-corrected chi connectivity index (χ2v) is 3.69. The normalized spacial score (nSPS) is 10.0. The summed E-state index contributed by atoms with van der Waals surface area (Å²) in [5, 5.41) is 3.33. The topological polar surface area (TPSA) is 12.0 Å². The molecule has 0 amide bonds. The van der Waals surface area contributed by atoms with Crippen molar-refractivity contribution in [1.82, 2.24) is 5.32 Å². The first kappa shape index (κ1) is 12.5. The number of nitrogens with one attached hydrogen (secondary N) is 1. The van der Waals surface area contributed by atoms with E-state index in [1.165, 1.54) is 44.2 Å². The Bertz CT molecular complexity index is 118. The maximum atomic E-state index is 4.00. The Morgan fingerprint density at radius 2 is 1.69 bits per heavy atom. The van der Waals surface area contributed by atoms with Crippen LogP contribution in [0, 0.1) is 0 Å². The summed E-state index contributed by atoms with van der Waals surface area (Å²) >= 11 is 0. The Labute approximate surface area is 83.6 Å². The molecular weight excluding hydrogens is 158 g/mol. The molecule has 0 aliphatic carbocycles. The molecule has 0 aromatic heterocycles. The van der Waals surface area contributed by atoms with E-state index in [9.17, 15) is 0 Å². The van der Waals surface area contributed by atoms with Gasteiger partial charge in [-0.05, 0) is 19.3 Å². The summed E-state index contributed by atoms with van der Waals surface area (Å²) in [6, 6.07) is 0. The van der Waals surface area contributed by atoms with E-state index in [-0.39, 0.29) is 0 Å². The Morgan fingerprint density at radius 1 is 1.00 bits per heavy atom. The Balaban J connectivity index is 3.08. The van der Waals surface area contributed by atoms with Crippen molar-refractivity contribution in [3.8, 4) is 0 Å². The summed E-state index contributed by atoms with van der Waals surface area (Å²) in [6.45, 7) is 9.51. The van der Waals surface area contributed by atoms with E-state index in [4.69, 9.17) is 0 Å². The van der Waals surface area contributed by atoms with Crippen LogP contribution in [0.25, 0.3) is 0 Å². The Hall–Kier alpha value is -0.460. The third-order valence-corrected chi connectivity index (χ3v) is 2.21. The molecule has 1 N–H and O–H groups in total. The fourth-order valence-corrected chi connectivity index (χ4v) is 1.33. The molecule has 0 fully saturated rings. The Kier molecular flexibility index (Phi) is 9.29. The molecule has 0 aromatic rings. The minimum atomic E-state index is 1.08. The second-order valence-electron chi connectivity index (χ2n) is 3.69. The molecule has 0 heterocycles. The highest BCUT2D eigenvalue weighted by molar-refractivity contribution is 4.90. The first-order valence-corrected chi connectivity index (χ1v) is 5.72. The van der Waals surface area contributed by atoms with Crippen molar-refractivity contribution < 1.29 is 0 Å². The largest absolute Gasteiger partial charge is 0.389 e. The van der Waals surface area contributed by atoms with E-state index in [1.54, 1.807) is 0 Å². The average molecular weight is 183 g/mol. The first-order chi connectivity index (χ1) is 6.31. The van der Waals surface area contributed by atoms with Crippen molar-refractivity contribution in [2.45, 2.75) is 58.8 Å². The van der Waals surface area contributed by atoms with Gasteiger partial charge in [-0.2, -0.15) is 0 Å². The fraction of sp³-hybridized carbons (Fsp3) is 0.833. The predicted octanol–water partition coefficient (Wildman–Crippen LogP) is 3.86. The van der Waals surface area contributed by atoms with Crippen LogP contribution in [0.15, 0.2) is 12.3 Å². The lowest BCUT2D eigenvalue weighted by molar-refractivity contribution is 0.613. The molecule has 0 saturated carbocycles. The van der Waals surface area contributed by atoms with Gasteiger partial charge in [0.2, 0.25) is 0 Å². The fourth-order valence-electron chi connectivity index (χ4n) is 1.33. The number of allylic oxidation sites excluding steroid dienone is 1. The lowest BCUT2D eigenvalue weighted by Crippen LogP contribution is -2.12. The molecular formula is C12H25N. The minimum Gasteiger partial charge on any atom is -0.389 e. The molecule has 0 aliphatic heterocycles. The molecule has 0 aliphatic rings. The van der Waals surface area contributed by atoms with Gasteiger partial charge in [-0.1, -0.05) is 46.1 Å². The van der Waals surface area contributed by atoms with Crippen molar-refractivity contribution in [3.05, 3.63) is 12.3 Å². The van der Waals surface area contributed by atoms with Crippen molar-refractivity contribution >= 4 is 0 Å². The number of unbranched alkanes of at least 4 members (excludes halogenated alkanes) is 4.